The molecule has 2 aromatic rings. The molecule has 0 unspecified atom stereocenters. The summed E-state index contributed by atoms with van der Waals surface area (Å²) in [6.07, 6.45) is 1.58. The standard InChI is InChI=1S/C16H21N3O5S/c1-22-8-5-19(6-9-23-2)14(20)10-12-11-25-16(17-12)18-15(21)13-4-3-7-24-13/h3-4,7,11H,5-6,8-10H2,1-2H3,(H,17,18,21). The van der Waals surface area contributed by atoms with E-state index < -0.39 is 0 Å². The zero-order valence-electron chi connectivity index (χ0n) is 14.2. The van der Waals surface area contributed by atoms with E-state index >= 15 is 0 Å². The van der Waals surface area contributed by atoms with E-state index in [1.54, 1.807) is 36.6 Å². The first-order chi connectivity index (χ1) is 12.1. The van der Waals surface area contributed by atoms with Gasteiger partial charge in [0.1, 0.15) is 0 Å². The molecule has 8 nitrogen and oxygen atoms in total. The maximum atomic E-state index is 12.4. The molecular formula is C16H21N3O5S. The Balaban J connectivity index is 1.91. The summed E-state index contributed by atoms with van der Waals surface area (Å²) in [4.78, 5) is 30.3. The third-order valence-corrected chi connectivity index (χ3v) is 4.14. The lowest BCUT2D eigenvalue weighted by molar-refractivity contribution is -0.131. The molecule has 0 atom stereocenters. The molecule has 25 heavy (non-hydrogen) atoms. The first kappa shape index (κ1) is 19.1. The number of aromatic nitrogens is 1. The van der Waals surface area contributed by atoms with Crippen LogP contribution in [0.2, 0.25) is 0 Å². The van der Waals surface area contributed by atoms with Crippen molar-refractivity contribution in [2.75, 3.05) is 45.8 Å². The van der Waals surface area contributed by atoms with Gasteiger partial charge in [0.25, 0.3) is 5.91 Å². The summed E-state index contributed by atoms with van der Waals surface area (Å²) in [6.45, 7) is 1.89. The molecule has 2 aromatic heterocycles. The van der Waals surface area contributed by atoms with Crippen molar-refractivity contribution in [3.05, 3.63) is 35.2 Å². The van der Waals surface area contributed by atoms with Crippen molar-refractivity contribution in [3.8, 4) is 0 Å². The van der Waals surface area contributed by atoms with E-state index in [-0.39, 0.29) is 24.0 Å². The summed E-state index contributed by atoms with van der Waals surface area (Å²) >= 11 is 1.26. The Morgan fingerprint density at radius 3 is 2.60 bits per heavy atom. The lowest BCUT2D eigenvalue weighted by Crippen LogP contribution is -2.37. The van der Waals surface area contributed by atoms with E-state index in [4.69, 9.17) is 13.9 Å². The van der Waals surface area contributed by atoms with Crippen molar-refractivity contribution < 1.29 is 23.5 Å². The largest absolute Gasteiger partial charge is 0.459 e. The molecule has 0 bridgehead atoms. The van der Waals surface area contributed by atoms with E-state index in [1.807, 2.05) is 0 Å². The van der Waals surface area contributed by atoms with Crippen LogP contribution in [0.25, 0.3) is 0 Å². The Bertz CT molecular complexity index is 663. The molecule has 2 rings (SSSR count). The molecule has 0 aliphatic heterocycles. The van der Waals surface area contributed by atoms with Gasteiger partial charge >= 0.3 is 0 Å². The van der Waals surface area contributed by atoms with Crippen molar-refractivity contribution in [3.63, 3.8) is 0 Å². The molecule has 0 fully saturated rings. The number of rotatable bonds is 10. The fourth-order valence-electron chi connectivity index (χ4n) is 2.04. The molecule has 0 aromatic carbocycles. The van der Waals surface area contributed by atoms with Gasteiger partial charge < -0.3 is 18.8 Å². The quantitative estimate of drug-likeness (QED) is 0.686. The maximum Gasteiger partial charge on any atom is 0.293 e. The summed E-state index contributed by atoms with van der Waals surface area (Å²) in [6, 6.07) is 3.20. The molecule has 0 saturated heterocycles. The molecule has 0 radical (unpaired) electrons. The van der Waals surface area contributed by atoms with E-state index in [9.17, 15) is 9.59 Å². The fraction of sp³-hybridized carbons (Fsp3) is 0.438. The van der Waals surface area contributed by atoms with E-state index in [0.717, 1.165) is 0 Å². The minimum Gasteiger partial charge on any atom is -0.459 e. The monoisotopic (exact) mass is 367 g/mol. The molecule has 2 heterocycles. The van der Waals surface area contributed by atoms with Crippen LogP contribution in [-0.2, 0) is 20.7 Å². The average Bonchev–Trinajstić information content (AvgIpc) is 3.27. The second-order valence-electron chi connectivity index (χ2n) is 5.12. The fourth-order valence-corrected chi connectivity index (χ4v) is 2.75. The van der Waals surface area contributed by atoms with Crippen molar-refractivity contribution >= 4 is 28.3 Å². The Morgan fingerprint density at radius 2 is 2.00 bits per heavy atom. The van der Waals surface area contributed by atoms with Crippen LogP contribution in [-0.4, -0.2) is 62.2 Å². The van der Waals surface area contributed by atoms with Gasteiger partial charge in [0.2, 0.25) is 5.91 Å². The predicted molar refractivity (Wildman–Crippen MR) is 92.8 cm³/mol. The Hall–Kier alpha value is -2.23. The number of amides is 2. The van der Waals surface area contributed by atoms with E-state index in [2.05, 4.69) is 10.3 Å². The van der Waals surface area contributed by atoms with E-state index in [0.29, 0.717) is 37.1 Å². The number of carbonyl (C=O) groups excluding carboxylic acids is 2. The highest BCUT2D eigenvalue weighted by atomic mass is 32.1. The molecule has 2 amide bonds. The number of carbonyl (C=O) groups is 2. The number of ether oxygens (including phenoxy) is 2. The SMILES string of the molecule is COCCN(CCOC)C(=O)Cc1csc(NC(=O)c2ccco2)n1. The molecule has 0 aliphatic rings. The summed E-state index contributed by atoms with van der Waals surface area (Å²) in [5.41, 5.74) is 0.601. The number of nitrogens with zero attached hydrogens (tertiary/aromatic N) is 2. The number of methoxy groups -OCH3 is 2. The van der Waals surface area contributed by atoms with Gasteiger partial charge in [-0.3, -0.25) is 14.9 Å². The van der Waals surface area contributed by atoms with Gasteiger partial charge in [-0.1, -0.05) is 0 Å². The van der Waals surface area contributed by atoms with Gasteiger partial charge in [0.05, 0.1) is 31.6 Å². The van der Waals surface area contributed by atoms with Crippen molar-refractivity contribution in [1.82, 2.24) is 9.88 Å². The minimum atomic E-state index is -0.376. The highest BCUT2D eigenvalue weighted by Gasteiger charge is 2.17. The van der Waals surface area contributed by atoms with Gasteiger partial charge in [0, 0.05) is 32.7 Å². The second kappa shape index (κ2) is 9.92. The third kappa shape index (κ3) is 5.96. The van der Waals surface area contributed by atoms with Crippen molar-refractivity contribution in [2.24, 2.45) is 0 Å². The Labute approximate surface area is 149 Å². The summed E-state index contributed by atoms with van der Waals surface area (Å²) in [5, 5.41) is 4.82. The van der Waals surface area contributed by atoms with Crippen LogP contribution in [0.1, 0.15) is 16.2 Å². The van der Waals surface area contributed by atoms with Gasteiger partial charge in [-0.2, -0.15) is 0 Å². The second-order valence-corrected chi connectivity index (χ2v) is 5.98. The lowest BCUT2D eigenvalue weighted by Gasteiger charge is -2.21. The van der Waals surface area contributed by atoms with Gasteiger partial charge in [-0.15, -0.1) is 11.3 Å². The highest BCUT2D eigenvalue weighted by molar-refractivity contribution is 7.14. The van der Waals surface area contributed by atoms with Crippen LogP contribution in [0.15, 0.2) is 28.2 Å². The zero-order chi connectivity index (χ0) is 18.1. The number of hydrogen-bond acceptors (Lipinski definition) is 7. The average molecular weight is 367 g/mol. The smallest absolute Gasteiger partial charge is 0.293 e. The van der Waals surface area contributed by atoms with Gasteiger partial charge in [-0.05, 0) is 12.1 Å². The predicted octanol–water partition coefficient (Wildman–Crippen LogP) is 1.65. The molecule has 0 spiro atoms. The molecule has 136 valence electrons. The van der Waals surface area contributed by atoms with Crippen LogP contribution in [0, 0.1) is 0 Å². The molecule has 0 saturated carbocycles. The van der Waals surface area contributed by atoms with Crippen LogP contribution < -0.4 is 5.32 Å². The van der Waals surface area contributed by atoms with Gasteiger partial charge in [0.15, 0.2) is 10.9 Å². The van der Waals surface area contributed by atoms with Crippen molar-refractivity contribution in [2.45, 2.75) is 6.42 Å². The van der Waals surface area contributed by atoms with Gasteiger partial charge in [-0.25, -0.2) is 4.98 Å². The van der Waals surface area contributed by atoms with E-state index in [1.165, 1.54) is 17.6 Å². The Morgan fingerprint density at radius 1 is 1.28 bits per heavy atom. The number of hydrogen-bond donors (Lipinski definition) is 1. The summed E-state index contributed by atoms with van der Waals surface area (Å²) in [7, 11) is 3.18. The topological polar surface area (TPSA) is 93.9 Å². The summed E-state index contributed by atoms with van der Waals surface area (Å²) in [5.74, 6) is -0.236. The lowest BCUT2D eigenvalue weighted by atomic mass is 10.3. The third-order valence-electron chi connectivity index (χ3n) is 3.33. The molecule has 1 N–H and O–H groups in total. The first-order valence-corrected chi connectivity index (χ1v) is 8.57. The maximum absolute atomic E-state index is 12.4. The molecular weight excluding hydrogens is 346 g/mol. The molecule has 9 heteroatoms. The van der Waals surface area contributed by atoms with Crippen LogP contribution >= 0.6 is 11.3 Å². The minimum absolute atomic E-state index is 0.0664. The number of thiazole rings is 1. The van der Waals surface area contributed by atoms with Crippen LogP contribution in [0.4, 0.5) is 5.13 Å². The summed E-state index contributed by atoms with van der Waals surface area (Å²) < 4.78 is 15.1. The number of furan rings is 1. The van der Waals surface area contributed by atoms with Crippen LogP contribution in [0.5, 0.6) is 0 Å². The zero-order valence-corrected chi connectivity index (χ0v) is 15.0. The highest BCUT2D eigenvalue weighted by Crippen LogP contribution is 2.17. The first-order valence-electron chi connectivity index (χ1n) is 7.69. The normalized spacial score (nSPS) is 10.6. The Kier molecular flexibility index (Phi) is 7.58. The number of nitrogens with one attached hydrogen (secondary N) is 1. The van der Waals surface area contributed by atoms with Crippen molar-refractivity contribution in [1.29, 1.82) is 0 Å². The van der Waals surface area contributed by atoms with Crippen LogP contribution in [0.3, 0.4) is 0 Å². The number of anilines is 1. The molecule has 0 aliphatic carbocycles.